The van der Waals surface area contributed by atoms with Gasteiger partial charge in [0, 0.05) is 36.5 Å². The molecule has 0 aromatic rings. The van der Waals surface area contributed by atoms with Gasteiger partial charge in [-0.3, -0.25) is 0 Å². The van der Waals surface area contributed by atoms with E-state index in [1.165, 1.54) is 0 Å². The van der Waals surface area contributed by atoms with Gasteiger partial charge in [-0.2, -0.15) is 0 Å². The summed E-state index contributed by atoms with van der Waals surface area (Å²) in [5.74, 6) is 0. The summed E-state index contributed by atoms with van der Waals surface area (Å²) in [6.45, 7) is 0. The Balaban J connectivity index is 0. The first-order valence-corrected chi connectivity index (χ1v) is 0. The van der Waals surface area contributed by atoms with E-state index in [2.05, 4.69) is 0 Å². The Labute approximate surface area is 77.3 Å². The van der Waals surface area contributed by atoms with E-state index in [9.17, 15) is 0 Å². The van der Waals surface area contributed by atoms with E-state index < -0.39 is 0 Å². The van der Waals surface area contributed by atoms with Crippen molar-refractivity contribution in [1.29, 1.82) is 0 Å². The van der Waals surface area contributed by atoms with Crippen molar-refractivity contribution in [3.05, 3.63) is 0 Å². The Morgan fingerprint density at radius 1 is 1.00 bits per heavy atom. The van der Waals surface area contributed by atoms with Crippen molar-refractivity contribution >= 4 is 41.8 Å². The summed E-state index contributed by atoms with van der Waals surface area (Å²) in [5, 5.41) is 0. The van der Waals surface area contributed by atoms with Crippen molar-refractivity contribution in [2.45, 2.75) is 0 Å². The normalized spacial score (nSPS) is 0. The Hall–Kier alpha value is 2.49. The van der Waals surface area contributed by atoms with Crippen LogP contribution in [0.5, 0.6) is 0 Å². The van der Waals surface area contributed by atoms with Gasteiger partial charge < -0.3 is 0 Å². The van der Waals surface area contributed by atoms with Gasteiger partial charge in [-0.15, -0.1) is 0 Å². The van der Waals surface area contributed by atoms with Crippen molar-refractivity contribution in [3.63, 3.8) is 0 Å². The molecule has 27 valence electrons. The number of rotatable bonds is 0. The molecule has 0 heterocycles. The Morgan fingerprint density at radius 2 is 1.00 bits per heavy atom. The molecule has 0 saturated carbocycles. The maximum atomic E-state index is 0. The first-order chi connectivity index (χ1) is 0. The van der Waals surface area contributed by atoms with Gasteiger partial charge in [-0.25, -0.2) is 0 Å². The molecular weight excluding hydrogens is 278 g/mol. The van der Waals surface area contributed by atoms with Gasteiger partial charge in [0.05, 0.1) is 0 Å². The zero-order chi connectivity index (χ0) is 0. The minimum absolute atomic E-state index is 0. The molecule has 0 nitrogen and oxygen atoms in total. The number of hydrogen-bond donors (Lipinski definition) is 0. The van der Waals surface area contributed by atoms with Gasteiger partial charge in [-0.1, -0.05) is 0 Å². The SMILES string of the molecule is [AlH3].[Cu].[SbH3].[Zn]. The summed E-state index contributed by atoms with van der Waals surface area (Å²) >= 11 is 0. The third kappa shape index (κ3) is 8.82. The fourth-order valence-electron chi connectivity index (χ4n) is 0. The van der Waals surface area contributed by atoms with Crippen molar-refractivity contribution in [1.82, 2.24) is 0 Å². The maximum absolute atomic E-state index is 0. The molecular formula is H6AlCuSbZn. The Bertz CT molecular complexity index is 8.00. The minimum atomic E-state index is 0. The standard InChI is InChI=1S/Al.Cu.Sb.Zn.6H. The van der Waals surface area contributed by atoms with Gasteiger partial charge in [0.15, 0.2) is 17.4 Å². The van der Waals surface area contributed by atoms with Crippen LogP contribution in [0, 0.1) is 0 Å². The minimum Gasteiger partial charge on any atom is 0 e. The van der Waals surface area contributed by atoms with Crippen molar-refractivity contribution in [2.75, 3.05) is 0 Å². The molecule has 0 fully saturated rings. The van der Waals surface area contributed by atoms with Crippen LogP contribution >= 0.6 is 0 Å². The van der Waals surface area contributed by atoms with Crippen LogP contribution in [-0.4, -0.2) is 41.8 Å². The molecule has 0 N–H and O–H groups in total. The molecule has 0 spiro atoms. The van der Waals surface area contributed by atoms with Crippen molar-refractivity contribution in [3.8, 4) is 0 Å². The molecule has 0 amide bonds. The molecule has 0 saturated heterocycles. The van der Waals surface area contributed by atoms with Crippen LogP contribution in [0.3, 0.4) is 0 Å². The van der Waals surface area contributed by atoms with Gasteiger partial charge in [0.1, 0.15) is 0 Å². The second-order valence-electron chi connectivity index (χ2n) is 0. The average molecular weight is 284 g/mol. The molecule has 0 aliphatic carbocycles. The van der Waals surface area contributed by atoms with Crippen LogP contribution in [0.4, 0.5) is 0 Å². The van der Waals surface area contributed by atoms with E-state index in [0.717, 1.165) is 0 Å². The molecule has 0 rings (SSSR count). The Kier molecular flexibility index (Phi) is 141. The third-order valence-electron chi connectivity index (χ3n) is 0. The smallest absolute Gasteiger partial charge is 0 e. The van der Waals surface area contributed by atoms with E-state index in [4.69, 9.17) is 0 Å². The second kappa shape index (κ2) is 17.8. The Morgan fingerprint density at radius 3 is 1.00 bits per heavy atom. The summed E-state index contributed by atoms with van der Waals surface area (Å²) in [4.78, 5) is 0. The molecule has 0 aromatic heterocycles. The topological polar surface area (TPSA) is 0 Å². The van der Waals surface area contributed by atoms with E-state index in [1.54, 1.807) is 0 Å². The number of hydrogen-bond acceptors (Lipinski definition) is 0. The van der Waals surface area contributed by atoms with Crippen molar-refractivity contribution in [2.24, 2.45) is 0 Å². The van der Waals surface area contributed by atoms with Gasteiger partial charge in [0.2, 0.25) is 0 Å². The summed E-state index contributed by atoms with van der Waals surface area (Å²) in [6, 6.07) is 0. The molecule has 0 aromatic carbocycles. The maximum Gasteiger partial charge on any atom is 0 e. The molecule has 4 heteroatoms. The van der Waals surface area contributed by atoms with Crippen LogP contribution in [0.1, 0.15) is 0 Å². The van der Waals surface area contributed by atoms with Crippen LogP contribution in [0.25, 0.3) is 0 Å². The molecule has 0 aliphatic rings. The predicted molar refractivity (Wildman–Crippen MR) is 19.9 cm³/mol. The monoisotopic (exact) mass is 281 g/mol. The van der Waals surface area contributed by atoms with Crippen LogP contribution in [0.2, 0.25) is 0 Å². The second-order valence-corrected chi connectivity index (χ2v) is 0. The molecule has 0 bridgehead atoms. The molecule has 1 radical (unpaired) electrons. The molecule has 0 unspecified atom stereocenters. The van der Waals surface area contributed by atoms with Crippen molar-refractivity contribution < 1.29 is 36.5 Å². The summed E-state index contributed by atoms with van der Waals surface area (Å²) in [6.07, 6.45) is 0. The van der Waals surface area contributed by atoms with E-state index in [-0.39, 0.29) is 78.3 Å². The quantitative estimate of drug-likeness (QED) is 0.436. The first kappa shape index (κ1) is 31.5. The van der Waals surface area contributed by atoms with Crippen LogP contribution < -0.4 is 0 Å². The third-order valence-corrected chi connectivity index (χ3v) is 0. The molecule has 4 heavy (non-hydrogen) atoms. The summed E-state index contributed by atoms with van der Waals surface area (Å²) in [7, 11) is 0. The zero-order valence-corrected chi connectivity index (χ0v) is 9.66. The molecule has 0 atom stereocenters. The summed E-state index contributed by atoms with van der Waals surface area (Å²) < 4.78 is 0. The van der Waals surface area contributed by atoms with E-state index >= 15 is 0 Å². The zero-order valence-electron chi connectivity index (χ0n) is 1.72. The van der Waals surface area contributed by atoms with Gasteiger partial charge in [0.25, 0.3) is 0 Å². The van der Waals surface area contributed by atoms with Gasteiger partial charge >= 0.3 is 24.4 Å². The van der Waals surface area contributed by atoms with Crippen LogP contribution in [0.15, 0.2) is 0 Å². The van der Waals surface area contributed by atoms with Gasteiger partial charge in [-0.05, 0) is 0 Å². The fraction of sp³-hybridized carbons (Fsp3) is 0. The van der Waals surface area contributed by atoms with Crippen LogP contribution in [-0.2, 0) is 36.5 Å². The predicted octanol–water partition coefficient (Wildman–Crippen LogP) is -2.37. The van der Waals surface area contributed by atoms with E-state index in [1.807, 2.05) is 0 Å². The van der Waals surface area contributed by atoms with E-state index in [0.29, 0.717) is 0 Å². The average Bonchev–Trinajstić information content (AvgIpc) is 0. The first-order valence-electron chi connectivity index (χ1n) is 0. The summed E-state index contributed by atoms with van der Waals surface area (Å²) in [5.41, 5.74) is 0. The largest absolute Gasteiger partial charge is 0 e. The fourth-order valence-corrected chi connectivity index (χ4v) is 0. The molecule has 0 aliphatic heterocycles.